The summed E-state index contributed by atoms with van der Waals surface area (Å²) in [6.45, 7) is 1.95. The largest absolute Gasteiger partial charge is 0.497 e. The number of nitrogens with zero attached hydrogens (tertiary/aromatic N) is 3. The molecule has 0 radical (unpaired) electrons. The molecule has 1 aromatic carbocycles. The van der Waals surface area contributed by atoms with Crippen LogP contribution in [0.4, 0.5) is 0 Å². The van der Waals surface area contributed by atoms with Crippen LogP contribution in [0.25, 0.3) is 0 Å². The zero-order chi connectivity index (χ0) is 18.5. The average molecular weight is 391 g/mol. The van der Waals surface area contributed by atoms with Gasteiger partial charge in [0.2, 0.25) is 5.89 Å². The first-order valence-electron chi connectivity index (χ1n) is 7.70. The second-order valence-electron chi connectivity index (χ2n) is 5.27. The lowest BCUT2D eigenvalue weighted by molar-refractivity contribution is 0.101. The van der Waals surface area contributed by atoms with Crippen LogP contribution in [0.2, 0.25) is 0 Å². The van der Waals surface area contributed by atoms with Crippen LogP contribution in [-0.2, 0) is 6.42 Å². The predicted octanol–water partition coefficient (Wildman–Crippen LogP) is 3.42. The Kier molecular flexibility index (Phi) is 5.89. The van der Waals surface area contributed by atoms with E-state index < -0.39 is 0 Å². The monoisotopic (exact) mass is 391 g/mol. The minimum atomic E-state index is -0.0932. The maximum atomic E-state index is 12.5. The third-order valence-corrected chi connectivity index (χ3v) is 5.12. The number of thiazole rings is 1. The Labute approximate surface area is 158 Å². The van der Waals surface area contributed by atoms with Gasteiger partial charge in [0.15, 0.2) is 5.78 Å². The highest BCUT2D eigenvalue weighted by Gasteiger charge is 2.16. The van der Waals surface area contributed by atoms with Crippen molar-refractivity contribution < 1.29 is 18.7 Å². The smallest absolute Gasteiger partial charge is 0.277 e. The number of hydrogen-bond donors (Lipinski definition) is 0. The van der Waals surface area contributed by atoms with Crippen LogP contribution in [-0.4, -0.2) is 40.9 Å². The summed E-state index contributed by atoms with van der Waals surface area (Å²) < 4.78 is 16.0. The maximum absolute atomic E-state index is 12.5. The lowest BCUT2D eigenvalue weighted by Crippen LogP contribution is -2.05. The van der Waals surface area contributed by atoms with Crippen LogP contribution in [0, 0.1) is 6.92 Å². The van der Waals surface area contributed by atoms with Crippen LogP contribution < -0.4 is 9.47 Å². The first-order chi connectivity index (χ1) is 12.6. The van der Waals surface area contributed by atoms with Crippen LogP contribution in [0.1, 0.15) is 27.0 Å². The molecule has 0 saturated carbocycles. The molecule has 0 amide bonds. The fourth-order valence-corrected chi connectivity index (χ4v) is 3.52. The van der Waals surface area contributed by atoms with E-state index in [2.05, 4.69) is 15.2 Å². The molecule has 0 fully saturated rings. The van der Waals surface area contributed by atoms with Gasteiger partial charge < -0.3 is 13.9 Å². The first kappa shape index (κ1) is 18.4. The molecule has 0 N–H and O–H groups in total. The van der Waals surface area contributed by atoms with Crippen LogP contribution >= 0.6 is 23.1 Å². The molecule has 0 aliphatic carbocycles. The Hall–Kier alpha value is -2.39. The summed E-state index contributed by atoms with van der Waals surface area (Å²) in [5.74, 6) is 1.65. The number of benzene rings is 1. The summed E-state index contributed by atoms with van der Waals surface area (Å²) in [5.41, 5.74) is 1.38. The van der Waals surface area contributed by atoms with Crippen molar-refractivity contribution in [1.82, 2.24) is 15.2 Å². The average Bonchev–Trinajstić information content (AvgIpc) is 3.28. The Bertz CT molecular complexity index is 907. The van der Waals surface area contributed by atoms with Crippen molar-refractivity contribution in [3.8, 4) is 11.5 Å². The topological polar surface area (TPSA) is 87.3 Å². The molecule has 0 aliphatic rings. The number of methoxy groups -OCH3 is 2. The number of ketones is 1. The molecule has 0 spiro atoms. The zero-order valence-electron chi connectivity index (χ0n) is 14.5. The van der Waals surface area contributed by atoms with Crippen molar-refractivity contribution in [2.75, 3.05) is 20.0 Å². The molecule has 2 aromatic heterocycles. The number of carbonyl (C=O) groups excluding carboxylic acids is 1. The fourth-order valence-electron chi connectivity index (χ4n) is 2.25. The number of aryl methyl sites for hydroxylation is 1. The molecule has 7 nitrogen and oxygen atoms in total. The Morgan fingerprint density at radius 1 is 1.27 bits per heavy atom. The van der Waals surface area contributed by atoms with Gasteiger partial charge in [0, 0.05) is 11.4 Å². The zero-order valence-corrected chi connectivity index (χ0v) is 16.1. The number of Topliss-reactive ketones (excluding diaryl/α,β-unsaturated/α-hetero) is 1. The van der Waals surface area contributed by atoms with E-state index in [4.69, 9.17) is 13.9 Å². The maximum Gasteiger partial charge on any atom is 0.277 e. The minimum absolute atomic E-state index is 0.0932. The van der Waals surface area contributed by atoms with Gasteiger partial charge in [-0.1, -0.05) is 11.8 Å². The number of thioether (sulfide) groups is 1. The van der Waals surface area contributed by atoms with Crippen LogP contribution in [0.15, 0.2) is 33.2 Å². The highest BCUT2D eigenvalue weighted by molar-refractivity contribution is 7.99. The molecule has 2 heterocycles. The molecule has 3 rings (SSSR count). The summed E-state index contributed by atoms with van der Waals surface area (Å²) in [4.78, 5) is 16.8. The number of carbonyl (C=O) groups is 1. The van der Waals surface area contributed by atoms with Gasteiger partial charge in [-0.05, 0) is 19.1 Å². The normalized spacial score (nSPS) is 10.7. The molecule has 9 heteroatoms. The van der Waals surface area contributed by atoms with Gasteiger partial charge in [-0.15, -0.1) is 21.5 Å². The summed E-state index contributed by atoms with van der Waals surface area (Å²) >= 11 is 2.77. The van der Waals surface area contributed by atoms with Gasteiger partial charge in [0.25, 0.3) is 5.22 Å². The molecule has 0 bridgehead atoms. The summed E-state index contributed by atoms with van der Waals surface area (Å²) in [7, 11) is 3.08. The second-order valence-corrected chi connectivity index (χ2v) is 7.26. The SMILES string of the molecule is COc1ccc(C(=O)CSc2nnc(Cc3csc(C)n3)o2)c(OC)c1. The van der Waals surface area contributed by atoms with Crippen molar-refractivity contribution in [3.63, 3.8) is 0 Å². The Morgan fingerprint density at radius 2 is 2.12 bits per heavy atom. The van der Waals surface area contributed by atoms with E-state index in [1.165, 1.54) is 18.9 Å². The number of hydrogen-bond acceptors (Lipinski definition) is 9. The molecule has 3 aromatic rings. The minimum Gasteiger partial charge on any atom is -0.497 e. The number of rotatable bonds is 8. The van der Waals surface area contributed by atoms with Gasteiger partial charge in [0.05, 0.1) is 42.7 Å². The molecular weight excluding hydrogens is 374 g/mol. The molecule has 0 aliphatic heterocycles. The molecule has 0 unspecified atom stereocenters. The quantitative estimate of drug-likeness (QED) is 0.426. The van der Waals surface area contributed by atoms with Crippen molar-refractivity contribution in [3.05, 3.63) is 45.7 Å². The predicted molar refractivity (Wildman–Crippen MR) is 98.6 cm³/mol. The van der Waals surface area contributed by atoms with Crippen molar-refractivity contribution in [2.45, 2.75) is 18.6 Å². The fraction of sp³-hybridized carbons (Fsp3) is 0.294. The van der Waals surface area contributed by atoms with E-state index in [0.29, 0.717) is 34.6 Å². The van der Waals surface area contributed by atoms with Gasteiger partial charge in [-0.2, -0.15) is 0 Å². The van der Waals surface area contributed by atoms with Gasteiger partial charge in [-0.3, -0.25) is 4.79 Å². The summed E-state index contributed by atoms with van der Waals surface area (Å²) in [5, 5.41) is 11.3. The highest BCUT2D eigenvalue weighted by atomic mass is 32.2. The molecular formula is C17H17N3O4S2. The van der Waals surface area contributed by atoms with Gasteiger partial charge in [-0.25, -0.2) is 4.98 Å². The Morgan fingerprint density at radius 3 is 2.81 bits per heavy atom. The molecule has 0 atom stereocenters. The lowest BCUT2D eigenvalue weighted by atomic mass is 10.1. The molecule has 26 heavy (non-hydrogen) atoms. The third-order valence-electron chi connectivity index (χ3n) is 3.48. The van der Waals surface area contributed by atoms with Crippen molar-refractivity contribution in [1.29, 1.82) is 0 Å². The molecule has 136 valence electrons. The summed E-state index contributed by atoms with van der Waals surface area (Å²) in [6.07, 6.45) is 0.484. The third kappa shape index (κ3) is 4.41. The van der Waals surface area contributed by atoms with E-state index in [-0.39, 0.29) is 11.5 Å². The second kappa shape index (κ2) is 8.33. The highest BCUT2D eigenvalue weighted by Crippen LogP contribution is 2.27. The van der Waals surface area contributed by atoms with E-state index >= 15 is 0 Å². The van der Waals surface area contributed by atoms with Crippen molar-refractivity contribution in [2.24, 2.45) is 0 Å². The van der Waals surface area contributed by atoms with Crippen molar-refractivity contribution >= 4 is 28.9 Å². The van der Waals surface area contributed by atoms with Crippen LogP contribution in [0.5, 0.6) is 11.5 Å². The van der Waals surface area contributed by atoms with Gasteiger partial charge in [0.1, 0.15) is 11.5 Å². The van der Waals surface area contributed by atoms with E-state index in [1.54, 1.807) is 36.6 Å². The van der Waals surface area contributed by atoms with E-state index in [0.717, 1.165) is 10.7 Å². The number of ether oxygens (including phenoxy) is 2. The van der Waals surface area contributed by atoms with Crippen LogP contribution in [0.3, 0.4) is 0 Å². The first-order valence-corrected chi connectivity index (χ1v) is 9.57. The Balaban J connectivity index is 1.61. The number of aromatic nitrogens is 3. The van der Waals surface area contributed by atoms with Gasteiger partial charge >= 0.3 is 0 Å². The summed E-state index contributed by atoms with van der Waals surface area (Å²) in [6, 6.07) is 5.09. The van der Waals surface area contributed by atoms with E-state index in [1.807, 2.05) is 12.3 Å². The van der Waals surface area contributed by atoms with E-state index in [9.17, 15) is 4.79 Å². The lowest BCUT2D eigenvalue weighted by Gasteiger charge is -2.08. The molecule has 0 saturated heterocycles. The standard InChI is InChI=1S/C17H17N3O4S2/c1-10-18-11(8-25-10)6-16-19-20-17(24-16)26-9-14(21)13-5-4-12(22-2)7-15(13)23-3/h4-5,7-8H,6,9H2,1-3H3.